The summed E-state index contributed by atoms with van der Waals surface area (Å²) in [4.78, 5) is 26.9. The molecule has 0 aliphatic carbocycles. The number of nitrogens with one attached hydrogen (secondary N) is 2. The summed E-state index contributed by atoms with van der Waals surface area (Å²) in [5.41, 5.74) is 2.35. The van der Waals surface area contributed by atoms with Crippen LogP contribution in [0.2, 0.25) is 0 Å². The van der Waals surface area contributed by atoms with Crippen LogP contribution in [0.25, 0.3) is 0 Å². The van der Waals surface area contributed by atoms with Crippen LogP contribution in [-0.2, 0) is 16.1 Å². The van der Waals surface area contributed by atoms with Crippen molar-refractivity contribution in [3.05, 3.63) is 47.7 Å². The van der Waals surface area contributed by atoms with Gasteiger partial charge >= 0.3 is 0 Å². The summed E-state index contributed by atoms with van der Waals surface area (Å²) >= 11 is 0. The number of aryl methyl sites for hydroxylation is 1. The molecule has 30 heavy (non-hydrogen) atoms. The molecule has 2 aromatic rings. The molecule has 0 spiro atoms. The van der Waals surface area contributed by atoms with Gasteiger partial charge < -0.3 is 10.6 Å². The van der Waals surface area contributed by atoms with E-state index >= 15 is 0 Å². The number of aromatic nitrogens is 2. The first-order valence-corrected chi connectivity index (χ1v) is 10.9. The molecule has 1 aliphatic heterocycles. The number of likely N-dealkylation sites (tertiary alicyclic amines) is 1. The van der Waals surface area contributed by atoms with Crippen molar-refractivity contribution in [2.75, 3.05) is 31.5 Å². The molecule has 2 heterocycles. The van der Waals surface area contributed by atoms with Gasteiger partial charge in [-0.25, -0.2) is 4.68 Å². The highest BCUT2D eigenvalue weighted by atomic mass is 16.2. The second-order valence-electron chi connectivity index (χ2n) is 8.11. The van der Waals surface area contributed by atoms with Crippen LogP contribution >= 0.6 is 0 Å². The molecule has 0 unspecified atom stereocenters. The van der Waals surface area contributed by atoms with Crippen LogP contribution < -0.4 is 10.6 Å². The predicted molar refractivity (Wildman–Crippen MR) is 118 cm³/mol. The molecule has 2 amide bonds. The minimum absolute atomic E-state index is 0.0492. The quantitative estimate of drug-likeness (QED) is 0.622. The molecule has 1 aromatic carbocycles. The normalized spacial score (nSPS) is 15.1. The third-order valence-electron chi connectivity index (χ3n) is 5.55. The molecule has 0 radical (unpaired) electrons. The second-order valence-corrected chi connectivity index (χ2v) is 8.11. The molecule has 0 bridgehead atoms. The lowest BCUT2D eigenvalue weighted by Gasteiger charge is -2.30. The van der Waals surface area contributed by atoms with Gasteiger partial charge in [-0.05, 0) is 44.8 Å². The first-order valence-electron chi connectivity index (χ1n) is 10.9. The van der Waals surface area contributed by atoms with Gasteiger partial charge in [0.1, 0.15) is 5.82 Å². The van der Waals surface area contributed by atoms with Crippen molar-refractivity contribution in [2.24, 2.45) is 5.92 Å². The van der Waals surface area contributed by atoms with E-state index in [0.29, 0.717) is 18.9 Å². The van der Waals surface area contributed by atoms with Crippen LogP contribution in [0.15, 0.2) is 36.5 Å². The Hall–Kier alpha value is -2.67. The molecule has 162 valence electrons. The highest BCUT2D eigenvalue weighted by molar-refractivity contribution is 5.91. The fourth-order valence-corrected chi connectivity index (χ4v) is 3.82. The van der Waals surface area contributed by atoms with Crippen molar-refractivity contribution in [2.45, 2.75) is 46.1 Å². The number of rotatable bonds is 9. The summed E-state index contributed by atoms with van der Waals surface area (Å²) in [6, 6.07) is 10.1. The number of carbonyl (C=O) groups excluding carboxylic acids is 2. The van der Waals surface area contributed by atoms with Gasteiger partial charge in [-0.3, -0.25) is 14.5 Å². The Balaban J connectivity index is 1.45. The van der Waals surface area contributed by atoms with Crippen LogP contribution in [-0.4, -0.2) is 52.7 Å². The first-order chi connectivity index (χ1) is 14.5. The van der Waals surface area contributed by atoms with E-state index in [0.717, 1.165) is 50.9 Å². The third-order valence-corrected chi connectivity index (χ3v) is 5.55. The summed E-state index contributed by atoms with van der Waals surface area (Å²) in [6.45, 7) is 7.42. The molecule has 2 N–H and O–H groups in total. The van der Waals surface area contributed by atoms with Crippen molar-refractivity contribution in [1.29, 1.82) is 0 Å². The fraction of sp³-hybridized carbons (Fsp3) is 0.522. The Labute approximate surface area is 178 Å². The number of amides is 2. The lowest BCUT2D eigenvalue weighted by molar-refractivity contribution is -0.126. The SMILES string of the molecule is CCCCNC(=O)C1CCN(CC(=O)Nc2ccnn2Cc2cccc(C)c2)CC1. The molecule has 1 saturated heterocycles. The molecule has 1 fully saturated rings. The maximum atomic E-state index is 12.6. The van der Waals surface area contributed by atoms with E-state index in [1.807, 2.05) is 12.1 Å². The van der Waals surface area contributed by atoms with Gasteiger partial charge in [0.15, 0.2) is 0 Å². The van der Waals surface area contributed by atoms with Crippen molar-refractivity contribution >= 4 is 17.6 Å². The van der Waals surface area contributed by atoms with Crippen molar-refractivity contribution in [3.63, 3.8) is 0 Å². The largest absolute Gasteiger partial charge is 0.356 e. The van der Waals surface area contributed by atoms with E-state index in [1.165, 1.54) is 5.56 Å². The Kier molecular flexibility index (Phi) is 8.02. The number of piperidine rings is 1. The maximum absolute atomic E-state index is 12.6. The Morgan fingerprint density at radius 2 is 2.00 bits per heavy atom. The number of hydrogen-bond donors (Lipinski definition) is 2. The number of benzene rings is 1. The number of anilines is 1. The summed E-state index contributed by atoms with van der Waals surface area (Å²) in [7, 11) is 0. The second kappa shape index (κ2) is 10.9. The Bertz CT molecular complexity index is 840. The average molecular weight is 412 g/mol. The van der Waals surface area contributed by atoms with E-state index in [2.05, 4.69) is 52.7 Å². The molecule has 1 aromatic heterocycles. The first kappa shape index (κ1) is 22.0. The number of carbonyl (C=O) groups is 2. The van der Waals surface area contributed by atoms with Crippen molar-refractivity contribution < 1.29 is 9.59 Å². The monoisotopic (exact) mass is 411 g/mol. The van der Waals surface area contributed by atoms with E-state index in [4.69, 9.17) is 0 Å². The molecular weight excluding hydrogens is 378 g/mol. The van der Waals surface area contributed by atoms with Gasteiger partial charge in [0.2, 0.25) is 11.8 Å². The maximum Gasteiger partial charge on any atom is 0.239 e. The highest BCUT2D eigenvalue weighted by Gasteiger charge is 2.25. The lowest BCUT2D eigenvalue weighted by atomic mass is 9.96. The van der Waals surface area contributed by atoms with Crippen LogP contribution in [0.1, 0.15) is 43.7 Å². The summed E-state index contributed by atoms with van der Waals surface area (Å²) in [5, 5.41) is 10.3. The molecule has 0 saturated carbocycles. The third kappa shape index (κ3) is 6.42. The van der Waals surface area contributed by atoms with Gasteiger partial charge in [-0.1, -0.05) is 43.2 Å². The average Bonchev–Trinajstić information content (AvgIpc) is 3.15. The zero-order valence-electron chi connectivity index (χ0n) is 18.1. The molecule has 7 heteroatoms. The van der Waals surface area contributed by atoms with Crippen LogP contribution in [0.3, 0.4) is 0 Å². The number of unbranched alkanes of at least 4 members (excludes halogenated alkanes) is 1. The van der Waals surface area contributed by atoms with E-state index in [-0.39, 0.29) is 17.7 Å². The summed E-state index contributed by atoms with van der Waals surface area (Å²) in [6.07, 6.45) is 5.41. The zero-order valence-corrected chi connectivity index (χ0v) is 18.1. The van der Waals surface area contributed by atoms with Crippen LogP contribution in [0, 0.1) is 12.8 Å². The standard InChI is InChI=1S/C23H33N5O2/c1-3-4-11-24-23(30)20-9-13-27(14-10-20)17-22(29)26-21-8-12-25-28(21)16-19-7-5-6-18(2)15-19/h5-8,12,15,20H,3-4,9-11,13-14,16-17H2,1-2H3,(H,24,30)(H,26,29). The van der Waals surface area contributed by atoms with Gasteiger partial charge in [-0.15, -0.1) is 0 Å². The lowest BCUT2D eigenvalue weighted by Crippen LogP contribution is -2.43. The molecular formula is C23H33N5O2. The minimum atomic E-state index is -0.0492. The number of nitrogens with zero attached hydrogens (tertiary/aromatic N) is 3. The van der Waals surface area contributed by atoms with Gasteiger partial charge in [-0.2, -0.15) is 5.10 Å². The van der Waals surface area contributed by atoms with Gasteiger partial charge in [0.05, 0.1) is 19.3 Å². The zero-order chi connectivity index (χ0) is 21.3. The van der Waals surface area contributed by atoms with Gasteiger partial charge in [0, 0.05) is 18.5 Å². The van der Waals surface area contributed by atoms with Crippen molar-refractivity contribution in [1.82, 2.24) is 20.0 Å². The van der Waals surface area contributed by atoms with Crippen LogP contribution in [0.4, 0.5) is 5.82 Å². The van der Waals surface area contributed by atoms with Crippen molar-refractivity contribution in [3.8, 4) is 0 Å². The molecule has 0 atom stereocenters. The smallest absolute Gasteiger partial charge is 0.239 e. The van der Waals surface area contributed by atoms with Gasteiger partial charge in [0.25, 0.3) is 0 Å². The molecule has 3 rings (SSSR count). The molecule has 1 aliphatic rings. The summed E-state index contributed by atoms with van der Waals surface area (Å²) < 4.78 is 1.81. The summed E-state index contributed by atoms with van der Waals surface area (Å²) in [5.74, 6) is 0.878. The van der Waals surface area contributed by atoms with E-state index in [9.17, 15) is 9.59 Å². The highest BCUT2D eigenvalue weighted by Crippen LogP contribution is 2.18. The molecule has 7 nitrogen and oxygen atoms in total. The Morgan fingerprint density at radius 3 is 2.73 bits per heavy atom. The topological polar surface area (TPSA) is 79.3 Å². The van der Waals surface area contributed by atoms with E-state index < -0.39 is 0 Å². The predicted octanol–water partition coefficient (Wildman–Crippen LogP) is 2.81. The fourth-order valence-electron chi connectivity index (χ4n) is 3.82. The number of hydrogen-bond acceptors (Lipinski definition) is 4. The Morgan fingerprint density at radius 1 is 1.20 bits per heavy atom. The van der Waals surface area contributed by atoms with Crippen LogP contribution in [0.5, 0.6) is 0 Å². The van der Waals surface area contributed by atoms with E-state index in [1.54, 1.807) is 10.9 Å². The minimum Gasteiger partial charge on any atom is -0.356 e.